The zero-order valence-electron chi connectivity index (χ0n) is 15.7. The minimum absolute atomic E-state index is 0. The number of benzene rings is 1. The van der Waals surface area contributed by atoms with Gasteiger partial charge < -0.3 is 19.3 Å². The Balaban J connectivity index is 0.00000243. The molecule has 0 N–H and O–H groups in total. The molecule has 1 aliphatic rings. The average Bonchev–Trinajstić information content (AvgIpc) is 2.66. The molecule has 1 aromatic heterocycles. The van der Waals surface area contributed by atoms with E-state index in [-0.39, 0.29) is 36.2 Å². The maximum absolute atomic E-state index is 11.0. The second kappa shape index (κ2) is 11.1. The largest absolute Gasteiger partial charge is 1.00 e. The summed E-state index contributed by atoms with van der Waals surface area (Å²) in [5.41, 5.74) is 1.83. The molecule has 7 heteroatoms. The van der Waals surface area contributed by atoms with Crippen molar-refractivity contribution in [2.24, 2.45) is 0 Å². The Kier molecular flexibility index (Phi) is 9.11. The maximum Gasteiger partial charge on any atom is 1.00 e. The van der Waals surface area contributed by atoms with Gasteiger partial charge in [-0.05, 0) is 30.5 Å². The summed E-state index contributed by atoms with van der Waals surface area (Å²) in [5.74, 6) is 1.38. The molecule has 6 nitrogen and oxygen atoms in total. The molecule has 1 fully saturated rings. The van der Waals surface area contributed by atoms with Crippen molar-refractivity contribution in [2.75, 3.05) is 53.2 Å². The summed E-state index contributed by atoms with van der Waals surface area (Å²) < 4.78 is 16.8. The van der Waals surface area contributed by atoms with Crippen LogP contribution in [0.5, 0.6) is 11.5 Å². The molecule has 0 spiro atoms. The third kappa shape index (κ3) is 5.55. The van der Waals surface area contributed by atoms with Gasteiger partial charge in [0.25, 0.3) is 0 Å². The molecule has 26 heavy (non-hydrogen) atoms. The van der Waals surface area contributed by atoms with Crippen LogP contribution in [0.4, 0.5) is 0 Å². The van der Waals surface area contributed by atoms with Gasteiger partial charge in [-0.2, -0.15) is 0 Å². The summed E-state index contributed by atoms with van der Waals surface area (Å²) in [6.07, 6.45) is 3.18. The second-order valence-corrected chi connectivity index (χ2v) is 6.10. The van der Waals surface area contributed by atoms with E-state index in [2.05, 4.69) is 9.88 Å². The van der Waals surface area contributed by atoms with E-state index >= 15 is 0 Å². The van der Waals surface area contributed by atoms with Crippen LogP contribution in [0, 0.1) is 0 Å². The molecular formula is C19H25N2NaO4. The van der Waals surface area contributed by atoms with Crippen LogP contribution in [0.25, 0.3) is 10.9 Å². The number of methoxy groups -OCH3 is 1. The van der Waals surface area contributed by atoms with E-state index in [1.54, 1.807) is 13.3 Å². The summed E-state index contributed by atoms with van der Waals surface area (Å²) in [6, 6.07) is 5.71. The molecule has 2 aromatic rings. The molecule has 136 valence electrons. The first kappa shape index (κ1) is 21.4. The Bertz CT molecular complexity index is 693. The van der Waals surface area contributed by atoms with Gasteiger partial charge in [0.15, 0.2) is 11.5 Å². The number of pyridine rings is 1. The predicted molar refractivity (Wildman–Crippen MR) is 94.2 cm³/mol. The second-order valence-electron chi connectivity index (χ2n) is 6.10. The first-order valence-electron chi connectivity index (χ1n) is 8.78. The molecule has 2 heterocycles. The molecule has 0 amide bonds. The summed E-state index contributed by atoms with van der Waals surface area (Å²) in [6.45, 7) is 5.11. The number of nitrogens with zero attached hydrogens (tertiary/aromatic N) is 2. The number of hydrogen-bond acceptors (Lipinski definition) is 6. The molecule has 0 saturated carbocycles. The van der Waals surface area contributed by atoms with Crippen molar-refractivity contribution >= 4 is 10.9 Å². The van der Waals surface area contributed by atoms with Crippen molar-refractivity contribution in [1.29, 1.82) is 0 Å². The Morgan fingerprint density at radius 3 is 2.77 bits per heavy atom. The number of ether oxygens (including phenoxy) is 3. The molecule has 3 rings (SSSR count). The summed E-state index contributed by atoms with van der Waals surface area (Å²) in [5, 5.41) is 11.9. The van der Waals surface area contributed by atoms with E-state index in [1.807, 2.05) is 18.2 Å². The van der Waals surface area contributed by atoms with Crippen LogP contribution in [-0.2, 0) is 11.2 Å². The van der Waals surface area contributed by atoms with E-state index in [1.165, 1.54) is 0 Å². The molecule has 0 atom stereocenters. The molecule has 0 unspecified atom stereocenters. The van der Waals surface area contributed by atoms with Crippen molar-refractivity contribution in [3.63, 3.8) is 0 Å². The number of fused-ring (bicyclic) bond motifs is 1. The zero-order valence-corrected chi connectivity index (χ0v) is 17.7. The van der Waals surface area contributed by atoms with Gasteiger partial charge in [-0.1, -0.05) is 0 Å². The Labute approximate surface area is 176 Å². The first-order valence-corrected chi connectivity index (χ1v) is 8.78. The average molecular weight is 368 g/mol. The third-order valence-electron chi connectivity index (χ3n) is 4.47. The van der Waals surface area contributed by atoms with Gasteiger partial charge in [-0.15, -0.1) is 6.61 Å². The van der Waals surface area contributed by atoms with E-state index in [0.29, 0.717) is 24.5 Å². The number of morpholine rings is 1. The number of hydrogen-bond donors (Lipinski definition) is 0. The van der Waals surface area contributed by atoms with Crippen LogP contribution in [0.15, 0.2) is 24.4 Å². The molecule has 0 radical (unpaired) electrons. The summed E-state index contributed by atoms with van der Waals surface area (Å²) in [4.78, 5) is 6.79. The zero-order chi connectivity index (χ0) is 17.5. The van der Waals surface area contributed by atoms with Crippen LogP contribution in [0.3, 0.4) is 0 Å². The SMILES string of the molecule is COc1cc2c(CC[O-])ccnc2cc1OCCCN1CCOCC1.[Na+]. The van der Waals surface area contributed by atoms with E-state index in [0.717, 1.165) is 55.7 Å². The number of rotatable bonds is 8. The van der Waals surface area contributed by atoms with Gasteiger partial charge in [-0.3, -0.25) is 9.88 Å². The Morgan fingerprint density at radius 2 is 2.04 bits per heavy atom. The number of aromatic nitrogens is 1. The van der Waals surface area contributed by atoms with Crippen LogP contribution < -0.4 is 44.1 Å². The van der Waals surface area contributed by atoms with Crippen molar-refractivity contribution < 1.29 is 48.9 Å². The van der Waals surface area contributed by atoms with Crippen LogP contribution in [0.2, 0.25) is 0 Å². The van der Waals surface area contributed by atoms with Gasteiger partial charge in [-0.25, -0.2) is 0 Å². The summed E-state index contributed by atoms with van der Waals surface area (Å²) in [7, 11) is 1.63. The van der Waals surface area contributed by atoms with Crippen molar-refractivity contribution in [1.82, 2.24) is 9.88 Å². The molecular weight excluding hydrogens is 343 g/mol. The minimum Gasteiger partial charge on any atom is -0.854 e. The molecule has 1 saturated heterocycles. The summed E-state index contributed by atoms with van der Waals surface area (Å²) >= 11 is 0. The van der Waals surface area contributed by atoms with E-state index in [9.17, 15) is 5.11 Å². The predicted octanol–water partition coefficient (Wildman–Crippen LogP) is -1.75. The van der Waals surface area contributed by atoms with Gasteiger partial charge in [0.1, 0.15) is 0 Å². The van der Waals surface area contributed by atoms with Gasteiger partial charge >= 0.3 is 29.6 Å². The fourth-order valence-corrected chi connectivity index (χ4v) is 3.11. The first-order chi connectivity index (χ1) is 12.3. The maximum atomic E-state index is 11.0. The molecule has 0 aliphatic carbocycles. The van der Waals surface area contributed by atoms with E-state index < -0.39 is 0 Å². The van der Waals surface area contributed by atoms with Crippen LogP contribution in [0.1, 0.15) is 12.0 Å². The van der Waals surface area contributed by atoms with Crippen molar-refractivity contribution in [2.45, 2.75) is 12.8 Å². The minimum atomic E-state index is -0.138. The van der Waals surface area contributed by atoms with Gasteiger partial charge in [0.05, 0.1) is 32.4 Å². The molecule has 1 aromatic carbocycles. The van der Waals surface area contributed by atoms with Gasteiger partial charge in [0.2, 0.25) is 0 Å². The van der Waals surface area contributed by atoms with Crippen molar-refractivity contribution in [3.05, 3.63) is 30.0 Å². The smallest absolute Gasteiger partial charge is 0.854 e. The Morgan fingerprint density at radius 1 is 1.23 bits per heavy atom. The fraction of sp³-hybridized carbons (Fsp3) is 0.526. The monoisotopic (exact) mass is 368 g/mol. The van der Waals surface area contributed by atoms with E-state index in [4.69, 9.17) is 14.2 Å². The van der Waals surface area contributed by atoms with Crippen molar-refractivity contribution in [3.8, 4) is 11.5 Å². The van der Waals surface area contributed by atoms with Crippen LogP contribution >= 0.6 is 0 Å². The quantitative estimate of drug-likeness (QED) is 0.407. The topological polar surface area (TPSA) is 66.9 Å². The fourth-order valence-electron chi connectivity index (χ4n) is 3.11. The standard InChI is InChI=1S/C19H25N2O4.Na/c1-23-18-13-16-15(4-9-22)3-5-20-17(16)14-19(18)25-10-2-6-21-7-11-24-12-8-21;/h3,5,13-14H,2,4,6-12H2,1H3;/q-1;+1. The van der Waals surface area contributed by atoms with Gasteiger partial charge in [0, 0.05) is 37.3 Å². The third-order valence-corrected chi connectivity index (χ3v) is 4.47. The molecule has 0 bridgehead atoms. The Hall–Kier alpha value is -0.890. The van der Waals surface area contributed by atoms with Crippen LogP contribution in [-0.4, -0.2) is 63.1 Å². The molecule has 1 aliphatic heterocycles. The normalized spacial score (nSPS) is 14.8.